The molecule has 5 nitrogen and oxygen atoms in total. The van der Waals surface area contributed by atoms with Crippen LogP contribution in [-0.2, 0) is 12.0 Å². The molecule has 0 radical (unpaired) electrons. The quantitative estimate of drug-likeness (QED) is 0.811. The summed E-state index contributed by atoms with van der Waals surface area (Å²) in [5.41, 5.74) is 2.50. The van der Waals surface area contributed by atoms with Gasteiger partial charge in [0.25, 0.3) is 0 Å². The van der Waals surface area contributed by atoms with Crippen LogP contribution in [0.5, 0.6) is 0 Å². The maximum absolute atomic E-state index is 10.5. The third-order valence-electron chi connectivity index (χ3n) is 4.00. The van der Waals surface area contributed by atoms with Gasteiger partial charge in [0.2, 0.25) is 0 Å². The molecule has 0 fully saturated rings. The molecule has 1 aromatic heterocycles. The summed E-state index contributed by atoms with van der Waals surface area (Å²) in [5, 5.41) is 18.7. The summed E-state index contributed by atoms with van der Waals surface area (Å²) < 4.78 is 1.94. The number of nitrogens with zero attached hydrogens (tertiary/aromatic N) is 3. The molecule has 0 aliphatic heterocycles. The molecule has 2 N–H and O–H groups in total. The predicted octanol–water partition coefficient (Wildman–Crippen LogP) is 2.57. The Morgan fingerprint density at radius 3 is 2.32 bits per heavy atom. The van der Waals surface area contributed by atoms with Crippen LogP contribution < -0.4 is 5.32 Å². The second-order valence-corrected chi connectivity index (χ2v) is 8.37. The predicted molar refractivity (Wildman–Crippen MR) is 103 cm³/mol. The number of aliphatic hydroxyl groups is 1. The molecule has 0 spiro atoms. The van der Waals surface area contributed by atoms with Gasteiger partial charge < -0.3 is 15.3 Å². The molecular formula is C20H32N4O. The van der Waals surface area contributed by atoms with E-state index in [0.717, 1.165) is 16.9 Å². The third kappa shape index (κ3) is 5.66. The van der Waals surface area contributed by atoms with E-state index in [1.807, 2.05) is 48.8 Å². The van der Waals surface area contributed by atoms with Crippen molar-refractivity contribution >= 4 is 0 Å². The molecule has 0 bridgehead atoms. The molecule has 0 saturated heterocycles. The third-order valence-corrected chi connectivity index (χ3v) is 4.00. The minimum atomic E-state index is -0.763. The minimum absolute atomic E-state index is 0.0385. The molecule has 2 aromatic rings. The van der Waals surface area contributed by atoms with Gasteiger partial charge >= 0.3 is 0 Å². The van der Waals surface area contributed by atoms with Crippen LogP contribution in [0, 0.1) is 0 Å². The van der Waals surface area contributed by atoms with Crippen molar-refractivity contribution in [3.63, 3.8) is 0 Å². The van der Waals surface area contributed by atoms with Crippen LogP contribution in [0.25, 0.3) is 5.69 Å². The molecule has 0 saturated carbocycles. The Kier molecular flexibility index (Phi) is 6.03. The van der Waals surface area contributed by atoms with E-state index >= 15 is 0 Å². The molecule has 0 aliphatic rings. The molecule has 1 atom stereocenters. The van der Waals surface area contributed by atoms with Crippen molar-refractivity contribution in [2.24, 2.45) is 0 Å². The summed E-state index contributed by atoms with van der Waals surface area (Å²) in [6.45, 7) is 10.2. The van der Waals surface area contributed by atoms with Crippen LogP contribution in [0.15, 0.2) is 36.5 Å². The van der Waals surface area contributed by atoms with E-state index in [9.17, 15) is 5.11 Å². The highest BCUT2D eigenvalue weighted by Gasteiger charge is 2.24. The number of rotatable bonds is 7. The molecule has 25 heavy (non-hydrogen) atoms. The maximum atomic E-state index is 10.5. The highest BCUT2D eigenvalue weighted by Crippen LogP contribution is 2.25. The van der Waals surface area contributed by atoms with Crippen LogP contribution in [0.3, 0.4) is 0 Å². The number of likely N-dealkylation sites (N-methyl/N-ethyl adjacent to an activating group) is 1. The first-order chi connectivity index (χ1) is 11.6. The smallest absolute Gasteiger partial charge is 0.0869 e. The molecule has 138 valence electrons. The zero-order chi connectivity index (χ0) is 18.7. The van der Waals surface area contributed by atoms with Crippen molar-refractivity contribution in [1.82, 2.24) is 20.0 Å². The standard InChI is InChI=1S/C20H32N4O/c1-19(2,3)18-16(12-21-14-20(4,25)15-23(5)6)13-24(22-18)17-10-8-7-9-11-17/h7-11,13,21,25H,12,14-15H2,1-6H3. The Balaban J connectivity index is 2.15. The lowest BCUT2D eigenvalue weighted by Gasteiger charge is -2.27. The van der Waals surface area contributed by atoms with Gasteiger partial charge in [-0.25, -0.2) is 4.68 Å². The fraction of sp³-hybridized carbons (Fsp3) is 0.550. The average molecular weight is 345 g/mol. The summed E-state index contributed by atoms with van der Waals surface area (Å²) in [5.74, 6) is 0. The van der Waals surface area contributed by atoms with E-state index in [4.69, 9.17) is 5.10 Å². The fourth-order valence-electron chi connectivity index (χ4n) is 3.09. The van der Waals surface area contributed by atoms with Gasteiger partial charge in [-0.2, -0.15) is 5.10 Å². The lowest BCUT2D eigenvalue weighted by molar-refractivity contribution is 0.0336. The Morgan fingerprint density at radius 2 is 1.76 bits per heavy atom. The van der Waals surface area contributed by atoms with Crippen molar-refractivity contribution < 1.29 is 5.11 Å². The van der Waals surface area contributed by atoms with Gasteiger partial charge in [-0.1, -0.05) is 39.0 Å². The molecule has 2 rings (SSSR count). The van der Waals surface area contributed by atoms with Crippen LogP contribution in [-0.4, -0.2) is 52.6 Å². The van der Waals surface area contributed by atoms with Crippen LogP contribution >= 0.6 is 0 Å². The average Bonchev–Trinajstić information content (AvgIpc) is 2.91. The van der Waals surface area contributed by atoms with Crippen LogP contribution in [0.4, 0.5) is 0 Å². The van der Waals surface area contributed by atoms with Crippen molar-refractivity contribution in [2.75, 3.05) is 27.2 Å². The lowest BCUT2D eigenvalue weighted by Crippen LogP contribution is -2.45. The highest BCUT2D eigenvalue weighted by molar-refractivity contribution is 5.34. The van der Waals surface area contributed by atoms with E-state index < -0.39 is 5.60 Å². The highest BCUT2D eigenvalue weighted by atomic mass is 16.3. The molecule has 1 unspecified atom stereocenters. The summed E-state index contributed by atoms with van der Waals surface area (Å²) in [4.78, 5) is 2.00. The fourth-order valence-corrected chi connectivity index (χ4v) is 3.09. The zero-order valence-electron chi connectivity index (χ0n) is 16.4. The van der Waals surface area contributed by atoms with Crippen LogP contribution in [0.1, 0.15) is 39.0 Å². The number of nitrogens with one attached hydrogen (secondary N) is 1. The monoisotopic (exact) mass is 344 g/mol. The first-order valence-corrected chi connectivity index (χ1v) is 8.81. The van der Waals surface area contributed by atoms with Gasteiger partial charge in [-0.3, -0.25) is 0 Å². The normalized spacial score (nSPS) is 14.7. The Hall–Kier alpha value is -1.69. The molecule has 5 heteroatoms. The van der Waals surface area contributed by atoms with Gasteiger partial charge in [-0.05, 0) is 33.2 Å². The second kappa shape index (κ2) is 7.68. The van der Waals surface area contributed by atoms with E-state index in [2.05, 4.69) is 44.4 Å². The van der Waals surface area contributed by atoms with E-state index in [1.165, 1.54) is 0 Å². The van der Waals surface area contributed by atoms with Gasteiger partial charge in [0.05, 0.1) is 17.0 Å². The summed E-state index contributed by atoms with van der Waals surface area (Å²) in [6.07, 6.45) is 2.09. The van der Waals surface area contributed by atoms with E-state index in [1.54, 1.807) is 0 Å². The molecule has 0 amide bonds. The van der Waals surface area contributed by atoms with Crippen molar-refractivity contribution in [1.29, 1.82) is 0 Å². The molecule has 1 heterocycles. The van der Waals surface area contributed by atoms with Crippen molar-refractivity contribution in [2.45, 2.75) is 45.3 Å². The van der Waals surface area contributed by atoms with E-state index in [-0.39, 0.29) is 5.41 Å². The van der Waals surface area contributed by atoms with Gasteiger partial charge in [-0.15, -0.1) is 0 Å². The minimum Gasteiger partial charge on any atom is -0.388 e. The summed E-state index contributed by atoms with van der Waals surface area (Å²) >= 11 is 0. The first kappa shape index (κ1) is 19.6. The number of para-hydroxylation sites is 1. The zero-order valence-corrected chi connectivity index (χ0v) is 16.4. The number of benzene rings is 1. The topological polar surface area (TPSA) is 53.3 Å². The Morgan fingerprint density at radius 1 is 1.12 bits per heavy atom. The SMILES string of the molecule is CN(C)CC(C)(O)CNCc1cn(-c2ccccc2)nc1C(C)(C)C. The van der Waals surface area contributed by atoms with Crippen molar-refractivity contribution in [3.8, 4) is 5.69 Å². The van der Waals surface area contributed by atoms with Gasteiger partial charge in [0.1, 0.15) is 0 Å². The van der Waals surface area contributed by atoms with Crippen molar-refractivity contribution in [3.05, 3.63) is 47.8 Å². The first-order valence-electron chi connectivity index (χ1n) is 8.81. The second-order valence-electron chi connectivity index (χ2n) is 8.37. The Bertz CT molecular complexity index is 669. The van der Waals surface area contributed by atoms with E-state index in [0.29, 0.717) is 19.6 Å². The largest absolute Gasteiger partial charge is 0.388 e. The van der Waals surface area contributed by atoms with Crippen LogP contribution in [0.2, 0.25) is 0 Å². The van der Waals surface area contributed by atoms with Gasteiger partial charge in [0, 0.05) is 36.8 Å². The summed E-state index contributed by atoms with van der Waals surface area (Å²) in [7, 11) is 3.94. The summed E-state index contributed by atoms with van der Waals surface area (Å²) in [6, 6.07) is 10.2. The number of hydrogen-bond donors (Lipinski definition) is 2. The molecule has 1 aromatic carbocycles. The number of aromatic nitrogens is 2. The van der Waals surface area contributed by atoms with Gasteiger partial charge in [0.15, 0.2) is 0 Å². The lowest BCUT2D eigenvalue weighted by atomic mass is 9.89. The Labute approximate surface area is 151 Å². The molecule has 0 aliphatic carbocycles. The maximum Gasteiger partial charge on any atom is 0.0869 e. The number of hydrogen-bond acceptors (Lipinski definition) is 4. The molecular weight excluding hydrogens is 312 g/mol.